The van der Waals surface area contributed by atoms with Crippen molar-refractivity contribution in [3.05, 3.63) is 60.2 Å². The zero-order valence-electron chi connectivity index (χ0n) is 12.7. The van der Waals surface area contributed by atoms with E-state index in [-0.39, 0.29) is 11.4 Å². The van der Waals surface area contributed by atoms with Gasteiger partial charge in [-0.15, -0.1) is 0 Å². The van der Waals surface area contributed by atoms with Crippen LogP contribution in [0.4, 0.5) is 0 Å². The Kier molecular flexibility index (Phi) is 3.66. The lowest BCUT2D eigenvalue weighted by atomic mass is 10.2. The summed E-state index contributed by atoms with van der Waals surface area (Å²) in [7, 11) is -3.61. The lowest BCUT2D eigenvalue weighted by Crippen LogP contribution is -2.23. The summed E-state index contributed by atoms with van der Waals surface area (Å²) in [5.74, 6) is 1.91. The Bertz CT molecular complexity index is 957. The molecule has 0 amide bonds. The van der Waals surface area contributed by atoms with Gasteiger partial charge in [-0.25, -0.2) is 13.1 Å². The molecule has 1 aliphatic rings. The molecule has 1 aliphatic heterocycles. The van der Waals surface area contributed by atoms with Crippen molar-refractivity contribution in [1.82, 2.24) is 4.72 Å². The monoisotopic (exact) mass is 345 g/mol. The fourth-order valence-corrected chi connectivity index (χ4v) is 3.66. The van der Waals surface area contributed by atoms with Crippen molar-refractivity contribution in [2.45, 2.75) is 17.9 Å². The quantitative estimate of drug-likeness (QED) is 0.769. The molecule has 2 aromatic heterocycles. The van der Waals surface area contributed by atoms with Crippen LogP contribution in [0.25, 0.3) is 11.3 Å². The van der Waals surface area contributed by atoms with Crippen LogP contribution in [-0.2, 0) is 23.0 Å². The van der Waals surface area contributed by atoms with E-state index in [1.807, 2.05) is 0 Å². The van der Waals surface area contributed by atoms with Crippen LogP contribution >= 0.6 is 0 Å². The van der Waals surface area contributed by atoms with Gasteiger partial charge in [0.1, 0.15) is 23.5 Å². The third-order valence-corrected chi connectivity index (χ3v) is 5.27. The number of ether oxygens (including phenoxy) is 1. The molecule has 1 N–H and O–H groups in total. The fourth-order valence-electron chi connectivity index (χ4n) is 2.61. The Labute approximate surface area is 139 Å². The largest absolute Gasteiger partial charge is 0.493 e. The molecule has 0 fully saturated rings. The number of nitrogens with one attached hydrogen (secondary N) is 1. The molecule has 0 aliphatic carbocycles. The predicted octanol–water partition coefficient (Wildman–Crippen LogP) is 2.95. The van der Waals surface area contributed by atoms with Gasteiger partial charge in [-0.3, -0.25) is 0 Å². The summed E-state index contributed by atoms with van der Waals surface area (Å²) in [5.41, 5.74) is 1.72. The highest BCUT2D eigenvalue weighted by molar-refractivity contribution is 7.89. The van der Waals surface area contributed by atoms with E-state index in [1.54, 1.807) is 48.9 Å². The van der Waals surface area contributed by atoms with E-state index >= 15 is 0 Å². The van der Waals surface area contributed by atoms with Gasteiger partial charge in [0.05, 0.1) is 29.9 Å². The van der Waals surface area contributed by atoms with E-state index in [4.69, 9.17) is 13.6 Å². The van der Waals surface area contributed by atoms with Crippen LogP contribution in [0.5, 0.6) is 5.75 Å². The van der Waals surface area contributed by atoms with Crippen LogP contribution < -0.4 is 9.46 Å². The van der Waals surface area contributed by atoms with Gasteiger partial charge in [0.2, 0.25) is 10.0 Å². The summed E-state index contributed by atoms with van der Waals surface area (Å²) in [5, 5.41) is 0. The van der Waals surface area contributed by atoms with Crippen molar-refractivity contribution in [1.29, 1.82) is 0 Å². The number of hydrogen-bond acceptors (Lipinski definition) is 5. The second-order valence-corrected chi connectivity index (χ2v) is 7.24. The average Bonchev–Trinajstić information content (AvgIpc) is 3.32. The molecular formula is C17H15NO5S. The highest BCUT2D eigenvalue weighted by atomic mass is 32.2. The molecule has 0 radical (unpaired) electrons. The number of hydrogen-bond donors (Lipinski definition) is 1. The molecule has 1 aromatic carbocycles. The van der Waals surface area contributed by atoms with E-state index in [1.165, 1.54) is 0 Å². The van der Waals surface area contributed by atoms with Crippen LogP contribution in [0.2, 0.25) is 0 Å². The molecule has 0 atom stereocenters. The maximum Gasteiger partial charge on any atom is 0.240 e. The fraction of sp³-hybridized carbons (Fsp3) is 0.176. The van der Waals surface area contributed by atoms with E-state index < -0.39 is 10.0 Å². The normalized spacial score (nSPS) is 13.7. The number of furan rings is 2. The molecule has 6 nitrogen and oxygen atoms in total. The molecule has 0 spiro atoms. The predicted molar refractivity (Wildman–Crippen MR) is 86.1 cm³/mol. The minimum absolute atomic E-state index is 0.0772. The Balaban J connectivity index is 1.49. The zero-order valence-corrected chi connectivity index (χ0v) is 13.5. The smallest absolute Gasteiger partial charge is 0.240 e. The Hall–Kier alpha value is -2.51. The summed E-state index contributed by atoms with van der Waals surface area (Å²) in [4.78, 5) is 0.230. The number of fused-ring (bicyclic) bond motifs is 1. The molecule has 0 saturated heterocycles. The van der Waals surface area contributed by atoms with Crippen molar-refractivity contribution < 1.29 is 22.0 Å². The van der Waals surface area contributed by atoms with Crippen molar-refractivity contribution in [2.75, 3.05) is 6.61 Å². The van der Waals surface area contributed by atoms with Gasteiger partial charge in [-0.1, -0.05) is 0 Å². The standard InChI is InChI=1S/C17H15NO5S/c19-24(20,15-2-4-16-12(9-15)6-8-22-16)18-10-14-1-3-17(23-14)13-5-7-21-11-13/h1-5,7,9,11,18H,6,8,10H2. The maximum atomic E-state index is 12.4. The van der Waals surface area contributed by atoms with Gasteiger partial charge in [0.25, 0.3) is 0 Å². The number of benzene rings is 1. The minimum atomic E-state index is -3.61. The summed E-state index contributed by atoms with van der Waals surface area (Å²) in [6.07, 6.45) is 3.85. The second kappa shape index (κ2) is 5.85. The van der Waals surface area contributed by atoms with Crippen LogP contribution in [-0.4, -0.2) is 15.0 Å². The molecule has 24 heavy (non-hydrogen) atoms. The second-order valence-electron chi connectivity index (χ2n) is 5.47. The average molecular weight is 345 g/mol. The van der Waals surface area contributed by atoms with Crippen molar-refractivity contribution in [3.63, 3.8) is 0 Å². The number of sulfonamides is 1. The van der Waals surface area contributed by atoms with E-state index in [0.717, 1.165) is 23.3 Å². The lowest BCUT2D eigenvalue weighted by molar-refractivity contribution is 0.356. The van der Waals surface area contributed by atoms with E-state index in [2.05, 4.69) is 4.72 Å². The first-order valence-corrected chi connectivity index (χ1v) is 8.97. The van der Waals surface area contributed by atoms with Crippen LogP contribution in [0.3, 0.4) is 0 Å². The summed E-state index contributed by atoms with van der Waals surface area (Å²) < 4.78 is 43.4. The number of rotatable bonds is 5. The first kappa shape index (κ1) is 15.0. The van der Waals surface area contributed by atoms with Gasteiger partial charge in [-0.05, 0) is 42.0 Å². The Morgan fingerprint density at radius 1 is 1.12 bits per heavy atom. The first-order valence-electron chi connectivity index (χ1n) is 7.48. The zero-order chi connectivity index (χ0) is 16.6. The van der Waals surface area contributed by atoms with Crippen LogP contribution in [0.15, 0.2) is 62.7 Å². The van der Waals surface area contributed by atoms with Gasteiger partial charge >= 0.3 is 0 Å². The lowest BCUT2D eigenvalue weighted by Gasteiger charge is -2.07. The van der Waals surface area contributed by atoms with Crippen LogP contribution in [0.1, 0.15) is 11.3 Å². The maximum absolute atomic E-state index is 12.4. The summed E-state index contributed by atoms with van der Waals surface area (Å²) in [6, 6.07) is 10.2. The van der Waals surface area contributed by atoms with Crippen molar-refractivity contribution >= 4 is 10.0 Å². The van der Waals surface area contributed by atoms with E-state index in [9.17, 15) is 8.42 Å². The van der Waals surface area contributed by atoms with Crippen molar-refractivity contribution in [2.24, 2.45) is 0 Å². The highest BCUT2D eigenvalue weighted by Crippen LogP contribution is 2.28. The molecule has 0 saturated carbocycles. The third kappa shape index (κ3) is 2.83. The van der Waals surface area contributed by atoms with Crippen LogP contribution in [0, 0.1) is 0 Å². The molecule has 0 bridgehead atoms. The molecule has 0 unspecified atom stereocenters. The van der Waals surface area contributed by atoms with Gasteiger partial charge in [0, 0.05) is 6.42 Å². The first-order chi connectivity index (χ1) is 11.6. The highest BCUT2D eigenvalue weighted by Gasteiger charge is 2.19. The SMILES string of the molecule is O=S(=O)(NCc1ccc(-c2ccoc2)o1)c1ccc2c(c1)CCO2. The molecule has 3 aromatic rings. The summed E-state index contributed by atoms with van der Waals surface area (Å²) in [6.45, 7) is 0.670. The Morgan fingerprint density at radius 3 is 2.88 bits per heavy atom. The van der Waals surface area contributed by atoms with Crippen molar-refractivity contribution in [3.8, 4) is 17.1 Å². The molecule has 3 heterocycles. The molecular weight excluding hydrogens is 330 g/mol. The molecule has 4 rings (SSSR count). The van der Waals surface area contributed by atoms with E-state index in [0.29, 0.717) is 18.1 Å². The van der Waals surface area contributed by atoms with Gasteiger partial charge in [-0.2, -0.15) is 0 Å². The van der Waals surface area contributed by atoms with Gasteiger partial charge < -0.3 is 13.6 Å². The van der Waals surface area contributed by atoms with Gasteiger partial charge in [0.15, 0.2) is 0 Å². The Morgan fingerprint density at radius 2 is 2.04 bits per heavy atom. The third-order valence-electron chi connectivity index (χ3n) is 3.87. The molecule has 7 heteroatoms. The molecule has 124 valence electrons. The topological polar surface area (TPSA) is 81.7 Å². The summed E-state index contributed by atoms with van der Waals surface area (Å²) >= 11 is 0. The minimum Gasteiger partial charge on any atom is -0.493 e.